The molecule has 3 aliphatic rings. The minimum Gasteiger partial charge on any atom is -0.172 e. The van der Waals surface area contributed by atoms with Crippen molar-refractivity contribution in [1.82, 2.24) is 0 Å². The standard InChI is InChI=1S/5C7H8.C7H14.C6H12.C6H10.C6H8.C4H10.2C4H8.C2H3F3.C2H6.CH3Cl/c5*1-7-5-3-2-4-6-7;1-5-6-7(2,3)4;3*1-6-4-2-3-5-6;2*1-4(2)3;1-3-4-2;1-2(3,4)5;2*1-2/h5*2-6H,1H3;5-6H,1-4H3;6H,2-5H2,1H3;4H,2-3,5H2,1H3;2,4-5H,3H2,1H3;4H,1-3H3;1H2,2-3H3;3-4H,1-2H3;1H3;1-2H3;1H3/b;;;;;;;;;;;4-3+;;;. The molecule has 5 aromatic carbocycles. The van der Waals surface area contributed by atoms with Gasteiger partial charge in [-0.15, -0.1) is 18.2 Å². The van der Waals surface area contributed by atoms with E-state index in [0.29, 0.717) is 5.41 Å². The van der Waals surface area contributed by atoms with Gasteiger partial charge in [-0.3, -0.25) is 0 Å². The van der Waals surface area contributed by atoms with E-state index in [1.54, 1.807) is 5.57 Å². The summed E-state index contributed by atoms with van der Waals surface area (Å²) in [6, 6.07) is 51.3. The van der Waals surface area contributed by atoms with E-state index in [0.717, 1.165) is 18.3 Å². The van der Waals surface area contributed by atoms with Crippen LogP contribution in [0.3, 0.4) is 0 Å². The highest BCUT2D eigenvalue weighted by atomic mass is 35.5. The molecule has 81 heavy (non-hydrogen) atoms. The van der Waals surface area contributed by atoms with Crippen LogP contribution in [0.1, 0.15) is 197 Å². The Balaban J connectivity index is -0.000000146. The molecule has 0 amide bonds. The van der Waals surface area contributed by atoms with Crippen LogP contribution in [-0.2, 0) is 0 Å². The van der Waals surface area contributed by atoms with Crippen molar-refractivity contribution < 1.29 is 13.2 Å². The lowest BCUT2D eigenvalue weighted by atomic mass is 9.97. The fourth-order valence-electron chi connectivity index (χ4n) is 5.71. The minimum atomic E-state index is -4.00. The van der Waals surface area contributed by atoms with Gasteiger partial charge < -0.3 is 0 Å². The van der Waals surface area contributed by atoms with Crippen LogP contribution in [-0.4, -0.2) is 12.6 Å². The van der Waals surface area contributed by atoms with Gasteiger partial charge in [0, 0.05) is 13.3 Å². The second kappa shape index (κ2) is 67.1. The molecule has 1 saturated carbocycles. The molecule has 5 aromatic rings. The molecule has 0 aliphatic heterocycles. The van der Waals surface area contributed by atoms with Gasteiger partial charge in [-0.05, 0) is 126 Å². The van der Waals surface area contributed by atoms with E-state index >= 15 is 0 Å². The van der Waals surface area contributed by atoms with Crippen LogP contribution in [0.4, 0.5) is 13.2 Å². The molecule has 0 aromatic heterocycles. The van der Waals surface area contributed by atoms with Crippen molar-refractivity contribution in [1.29, 1.82) is 0 Å². The third-order valence-electron chi connectivity index (χ3n) is 9.57. The van der Waals surface area contributed by atoms with Crippen LogP contribution in [0.5, 0.6) is 0 Å². The van der Waals surface area contributed by atoms with Gasteiger partial charge in [0.1, 0.15) is 0 Å². The van der Waals surface area contributed by atoms with E-state index in [-0.39, 0.29) is 6.92 Å². The largest absolute Gasteiger partial charge is 0.386 e. The summed E-state index contributed by atoms with van der Waals surface area (Å²) >= 11 is 4.64. The molecule has 458 valence electrons. The second-order valence-corrected chi connectivity index (χ2v) is 21.4. The van der Waals surface area contributed by atoms with Crippen molar-refractivity contribution in [2.24, 2.45) is 17.3 Å². The van der Waals surface area contributed by atoms with Gasteiger partial charge in [0.25, 0.3) is 0 Å². The zero-order chi connectivity index (χ0) is 63.8. The number of rotatable bonds is 0. The zero-order valence-electron chi connectivity index (χ0n) is 56.1. The van der Waals surface area contributed by atoms with Crippen molar-refractivity contribution in [3.8, 4) is 0 Å². The Bertz CT molecular complexity index is 1880. The van der Waals surface area contributed by atoms with Gasteiger partial charge in [-0.1, -0.05) is 333 Å². The SMILES string of the molecule is C/C=C/C.C=C(C)C.CC.CC(C)C.CC(F)(F)F.CC1=CCC=C1.CC1=CCCC1.CC1CCCC1.CC=CC(C)(C)C.CCl.Cc1ccccc1.Cc1ccccc1.Cc1ccccc1.Cc1ccccc1.Cc1ccccc1. The molecule has 0 unspecified atom stereocenters. The highest BCUT2D eigenvalue weighted by Gasteiger charge is 2.15. The molecule has 3 aliphatic carbocycles. The predicted molar refractivity (Wildman–Crippen MR) is 369 cm³/mol. The maximum Gasteiger partial charge on any atom is 0.386 e. The average Bonchev–Trinajstić information content (AvgIpc) is 4.23. The number of hydrogen-bond donors (Lipinski definition) is 0. The fraction of sp³-hybridized carbons (Fsp3) is 0.455. The molecular weight excluding hydrogens is 1020 g/mol. The van der Waals surface area contributed by atoms with Crippen molar-refractivity contribution in [2.75, 3.05) is 6.38 Å². The maximum absolute atomic E-state index is 10.4. The Morgan fingerprint density at radius 1 is 0.519 bits per heavy atom. The number of aryl methyl sites for hydroxylation is 5. The van der Waals surface area contributed by atoms with E-state index in [2.05, 4.69) is 212 Å². The summed E-state index contributed by atoms with van der Waals surface area (Å²) in [7, 11) is 0. The van der Waals surface area contributed by atoms with Gasteiger partial charge in [0.15, 0.2) is 0 Å². The van der Waals surface area contributed by atoms with E-state index in [4.69, 9.17) is 0 Å². The molecule has 0 radical (unpaired) electrons. The summed E-state index contributed by atoms with van der Waals surface area (Å²) in [4.78, 5) is 0. The first-order chi connectivity index (χ1) is 38.1. The molecule has 0 saturated heterocycles. The van der Waals surface area contributed by atoms with E-state index in [1.807, 2.05) is 152 Å². The molecule has 4 heteroatoms. The van der Waals surface area contributed by atoms with E-state index in [1.165, 1.54) is 90.3 Å². The van der Waals surface area contributed by atoms with Crippen molar-refractivity contribution in [3.05, 3.63) is 251 Å². The predicted octanol–water partition coefficient (Wildman–Crippen LogP) is 27.1. The van der Waals surface area contributed by atoms with Gasteiger partial charge in [0.05, 0.1) is 0 Å². The van der Waals surface area contributed by atoms with Crippen molar-refractivity contribution in [2.45, 2.75) is 210 Å². The first-order valence-corrected chi connectivity index (χ1v) is 30.2. The van der Waals surface area contributed by atoms with Crippen LogP contribution >= 0.6 is 11.6 Å². The highest BCUT2D eigenvalue weighted by molar-refractivity contribution is 6.15. The normalized spacial score (nSPS) is 11.9. The second-order valence-electron chi connectivity index (χ2n) is 21.4. The Morgan fingerprint density at radius 3 is 0.840 bits per heavy atom. The molecule has 0 bridgehead atoms. The smallest absolute Gasteiger partial charge is 0.172 e. The molecule has 1 fully saturated rings. The van der Waals surface area contributed by atoms with Crippen LogP contribution < -0.4 is 0 Å². The monoisotopic (exact) mass is 1140 g/mol. The Kier molecular flexibility index (Phi) is 74.1. The van der Waals surface area contributed by atoms with Crippen LogP contribution in [0.15, 0.2) is 224 Å². The Hall–Kier alpha value is -5.38. The molecule has 8 rings (SSSR count). The van der Waals surface area contributed by atoms with Crippen LogP contribution in [0, 0.1) is 51.9 Å². The van der Waals surface area contributed by atoms with Crippen LogP contribution in [0.25, 0.3) is 0 Å². The van der Waals surface area contributed by atoms with E-state index < -0.39 is 6.18 Å². The fourth-order valence-corrected chi connectivity index (χ4v) is 5.71. The van der Waals surface area contributed by atoms with Gasteiger partial charge in [0.2, 0.25) is 0 Å². The first kappa shape index (κ1) is 89.4. The van der Waals surface area contributed by atoms with Crippen molar-refractivity contribution in [3.63, 3.8) is 0 Å². The number of allylic oxidation sites excluding steroid dienone is 11. The minimum absolute atomic E-state index is 0.188. The number of hydrogen-bond acceptors (Lipinski definition) is 0. The summed E-state index contributed by atoms with van der Waals surface area (Å²) < 4.78 is 31.1. The Morgan fingerprint density at radius 2 is 0.778 bits per heavy atom. The molecule has 0 atom stereocenters. The molecule has 0 nitrogen and oxygen atoms in total. The number of halogens is 4. The van der Waals surface area contributed by atoms with Gasteiger partial charge in [-0.25, -0.2) is 0 Å². The maximum atomic E-state index is 10.4. The molecule has 0 N–H and O–H groups in total. The number of alkyl halides is 4. The molecular formula is C77H122ClF3. The van der Waals surface area contributed by atoms with Gasteiger partial charge >= 0.3 is 6.18 Å². The highest BCUT2D eigenvalue weighted by Crippen LogP contribution is 2.23. The third-order valence-corrected chi connectivity index (χ3v) is 9.57. The van der Waals surface area contributed by atoms with E-state index in [9.17, 15) is 13.2 Å². The quantitative estimate of drug-likeness (QED) is 0.107. The van der Waals surface area contributed by atoms with Crippen LogP contribution in [0.2, 0.25) is 0 Å². The summed E-state index contributed by atoms with van der Waals surface area (Å²) in [5.74, 6) is 1.88. The first-order valence-electron chi connectivity index (χ1n) is 29.4. The lowest BCUT2D eigenvalue weighted by molar-refractivity contribution is -0.110. The summed E-state index contributed by atoms with van der Waals surface area (Å²) in [5, 5.41) is 0. The van der Waals surface area contributed by atoms with Crippen molar-refractivity contribution >= 4 is 11.6 Å². The topological polar surface area (TPSA) is 0 Å². The summed E-state index contributed by atoms with van der Waals surface area (Å²) in [6.07, 6.45) is 25.7. The summed E-state index contributed by atoms with van der Waals surface area (Å²) in [5.41, 5.74) is 11.1. The molecule has 0 spiro atoms. The third kappa shape index (κ3) is 107. The zero-order valence-corrected chi connectivity index (χ0v) is 56.8. The lowest BCUT2D eigenvalue weighted by Gasteiger charge is -2.09. The molecule has 0 heterocycles. The Labute approximate surface area is 507 Å². The van der Waals surface area contributed by atoms with Gasteiger partial charge in [-0.2, -0.15) is 13.2 Å². The summed E-state index contributed by atoms with van der Waals surface area (Å²) in [6.45, 7) is 47.9. The lowest BCUT2D eigenvalue weighted by Crippen LogP contribution is -1.97. The average molecular weight is 1140 g/mol. The number of benzene rings is 5.